The first-order valence-corrected chi connectivity index (χ1v) is 21.7. The summed E-state index contributed by atoms with van der Waals surface area (Å²) in [5.41, 5.74) is 5.32. The van der Waals surface area contributed by atoms with E-state index >= 15 is 0 Å². The smallest absolute Gasteiger partial charge is 0.458 e. The van der Waals surface area contributed by atoms with Crippen LogP contribution in [0.5, 0.6) is 0 Å². The molecule has 0 aliphatic carbocycles. The standard InChI is InChI=1S/C41H74NO8P/c1-3-5-7-9-11-13-15-17-19-21-23-25-27-29-31-33-40(43)47-37-39(38-49-51(45,46)48-36-35-42)50-41(44)34-32-30-28-26-24-22-20-18-16-14-12-10-8-6-4-2/h27-34,39H,3-26,35-38,42H2,1-2H3,(H,45,46)/b29-27+,30-28+,33-31+,34-32+/t39-/m1/s1. The minimum absolute atomic E-state index is 0.0294. The van der Waals surface area contributed by atoms with Crippen molar-refractivity contribution in [3.8, 4) is 0 Å². The molecule has 0 aromatic carbocycles. The van der Waals surface area contributed by atoms with Crippen LogP contribution in [-0.2, 0) is 32.7 Å². The first kappa shape index (κ1) is 49.0. The molecule has 0 fully saturated rings. The van der Waals surface area contributed by atoms with Crippen LogP contribution >= 0.6 is 7.82 Å². The van der Waals surface area contributed by atoms with E-state index in [-0.39, 0.29) is 19.8 Å². The maximum Gasteiger partial charge on any atom is 0.472 e. The van der Waals surface area contributed by atoms with E-state index in [0.717, 1.165) is 25.7 Å². The van der Waals surface area contributed by atoms with Crippen molar-refractivity contribution in [1.29, 1.82) is 0 Å². The highest BCUT2D eigenvalue weighted by atomic mass is 31.2. The average Bonchev–Trinajstić information content (AvgIpc) is 3.11. The number of rotatable bonds is 37. The SMILES string of the molecule is CCCCCCCCCCCCC/C=C/C=C/C(=O)OC[C@H](COP(=O)(O)OCCN)OC(=O)/C=C/C=C/CCCCCCCCCCCCC. The van der Waals surface area contributed by atoms with Crippen LogP contribution in [0.4, 0.5) is 0 Å². The lowest BCUT2D eigenvalue weighted by Gasteiger charge is -2.18. The molecule has 0 rings (SSSR count). The van der Waals surface area contributed by atoms with Gasteiger partial charge in [-0.1, -0.05) is 179 Å². The predicted molar refractivity (Wildman–Crippen MR) is 210 cm³/mol. The van der Waals surface area contributed by atoms with Crippen LogP contribution in [0.15, 0.2) is 48.6 Å². The van der Waals surface area contributed by atoms with E-state index in [9.17, 15) is 19.0 Å². The molecule has 51 heavy (non-hydrogen) atoms. The normalized spacial score (nSPS) is 13.9. The molecule has 0 saturated heterocycles. The Kier molecular flexibility index (Phi) is 36.2. The van der Waals surface area contributed by atoms with Gasteiger partial charge >= 0.3 is 19.8 Å². The van der Waals surface area contributed by atoms with Crippen LogP contribution in [0.3, 0.4) is 0 Å². The molecule has 0 saturated carbocycles. The van der Waals surface area contributed by atoms with Crippen LogP contribution in [0.2, 0.25) is 0 Å². The number of hydrogen-bond donors (Lipinski definition) is 2. The molecule has 0 amide bonds. The monoisotopic (exact) mass is 740 g/mol. The topological polar surface area (TPSA) is 134 Å². The Morgan fingerprint density at radius 2 is 1.00 bits per heavy atom. The number of ether oxygens (including phenoxy) is 2. The van der Waals surface area contributed by atoms with Crippen LogP contribution in [0.1, 0.15) is 168 Å². The van der Waals surface area contributed by atoms with Crippen molar-refractivity contribution in [2.24, 2.45) is 5.73 Å². The molecule has 0 spiro atoms. The third-order valence-corrected chi connectivity index (χ3v) is 9.38. The Bertz CT molecular complexity index is 981. The molecule has 3 N–H and O–H groups in total. The molecule has 1 unspecified atom stereocenters. The summed E-state index contributed by atoms with van der Waals surface area (Å²) in [6, 6.07) is 0. The summed E-state index contributed by atoms with van der Waals surface area (Å²) in [4.78, 5) is 34.5. The number of esters is 2. The van der Waals surface area contributed by atoms with Crippen LogP contribution in [0, 0.1) is 0 Å². The summed E-state index contributed by atoms with van der Waals surface area (Å²) < 4.78 is 32.3. The maximum absolute atomic E-state index is 12.4. The van der Waals surface area contributed by atoms with Crippen molar-refractivity contribution in [1.82, 2.24) is 0 Å². The molecule has 10 heteroatoms. The molecule has 2 atom stereocenters. The highest BCUT2D eigenvalue weighted by Gasteiger charge is 2.25. The second kappa shape index (κ2) is 37.7. The number of carbonyl (C=O) groups is 2. The van der Waals surface area contributed by atoms with Crippen molar-refractivity contribution in [2.75, 3.05) is 26.4 Å². The lowest BCUT2D eigenvalue weighted by Crippen LogP contribution is -2.28. The molecule has 0 aromatic rings. The fourth-order valence-corrected chi connectivity index (χ4v) is 6.16. The Balaban J connectivity index is 4.41. The number of carbonyl (C=O) groups excluding carboxylic acids is 2. The molecule has 296 valence electrons. The Labute approximate surface area is 311 Å². The van der Waals surface area contributed by atoms with Gasteiger partial charge in [0.1, 0.15) is 6.61 Å². The third kappa shape index (κ3) is 37.5. The molecule has 0 bridgehead atoms. The zero-order valence-corrected chi connectivity index (χ0v) is 33.2. The van der Waals surface area contributed by atoms with Crippen LogP contribution < -0.4 is 5.73 Å². The summed E-state index contributed by atoms with van der Waals surface area (Å²) in [5.74, 6) is -1.33. The van der Waals surface area contributed by atoms with Crippen molar-refractivity contribution >= 4 is 19.8 Å². The first-order valence-electron chi connectivity index (χ1n) is 20.2. The number of phosphoric acid groups is 1. The average molecular weight is 740 g/mol. The lowest BCUT2D eigenvalue weighted by atomic mass is 10.1. The highest BCUT2D eigenvalue weighted by molar-refractivity contribution is 7.47. The van der Waals surface area contributed by atoms with Gasteiger partial charge in [-0.2, -0.15) is 0 Å². The number of allylic oxidation sites excluding steroid dienone is 6. The molecule has 0 radical (unpaired) electrons. The second-order valence-electron chi connectivity index (χ2n) is 13.3. The van der Waals surface area contributed by atoms with E-state index in [1.807, 2.05) is 18.2 Å². The molecule has 0 heterocycles. The number of unbranched alkanes of at least 4 members (excludes halogenated alkanes) is 22. The van der Waals surface area contributed by atoms with Crippen molar-refractivity contribution in [3.63, 3.8) is 0 Å². The highest BCUT2D eigenvalue weighted by Crippen LogP contribution is 2.43. The molecular weight excluding hydrogens is 665 g/mol. The van der Waals surface area contributed by atoms with Gasteiger partial charge < -0.3 is 20.1 Å². The van der Waals surface area contributed by atoms with Crippen LogP contribution in [0.25, 0.3) is 0 Å². The van der Waals surface area contributed by atoms with E-state index in [4.69, 9.17) is 24.3 Å². The summed E-state index contributed by atoms with van der Waals surface area (Å²) in [6.07, 6.45) is 42.7. The number of hydrogen-bond acceptors (Lipinski definition) is 8. The van der Waals surface area contributed by atoms with E-state index in [0.29, 0.717) is 0 Å². The van der Waals surface area contributed by atoms with Crippen LogP contribution in [-0.4, -0.2) is 49.3 Å². The first-order chi connectivity index (χ1) is 24.8. The zero-order chi connectivity index (χ0) is 37.5. The molecule has 9 nitrogen and oxygen atoms in total. The largest absolute Gasteiger partial charge is 0.472 e. The van der Waals surface area contributed by atoms with Crippen molar-refractivity contribution in [2.45, 2.75) is 174 Å². The molecule has 0 aliphatic rings. The van der Waals surface area contributed by atoms with Gasteiger partial charge in [0.05, 0.1) is 13.2 Å². The van der Waals surface area contributed by atoms with Gasteiger partial charge in [-0.05, 0) is 25.7 Å². The Morgan fingerprint density at radius 1 is 0.588 bits per heavy atom. The molecular formula is C41H74NO8P. The summed E-state index contributed by atoms with van der Waals surface area (Å²) in [6.45, 7) is 3.47. The van der Waals surface area contributed by atoms with E-state index in [2.05, 4.69) is 13.8 Å². The molecule has 0 aliphatic heterocycles. The van der Waals surface area contributed by atoms with Gasteiger partial charge in [0.15, 0.2) is 6.10 Å². The number of nitrogens with two attached hydrogens (primary N) is 1. The van der Waals surface area contributed by atoms with E-state index < -0.39 is 32.5 Å². The Morgan fingerprint density at radius 3 is 1.43 bits per heavy atom. The van der Waals surface area contributed by atoms with Gasteiger partial charge in [0, 0.05) is 18.7 Å². The minimum Gasteiger partial charge on any atom is -0.458 e. The fraction of sp³-hybridized carbons (Fsp3) is 0.756. The van der Waals surface area contributed by atoms with Gasteiger partial charge in [0.25, 0.3) is 0 Å². The molecule has 0 aromatic heterocycles. The van der Waals surface area contributed by atoms with Gasteiger partial charge in [-0.25, -0.2) is 14.2 Å². The quantitative estimate of drug-likeness (QED) is 0.0210. The van der Waals surface area contributed by atoms with Crippen molar-refractivity contribution in [3.05, 3.63) is 48.6 Å². The van der Waals surface area contributed by atoms with E-state index in [1.54, 1.807) is 18.2 Å². The second-order valence-corrected chi connectivity index (χ2v) is 14.8. The Hall–Kier alpha value is -2.03. The number of phosphoric ester groups is 1. The maximum atomic E-state index is 12.4. The van der Waals surface area contributed by atoms with Gasteiger partial charge in [0.2, 0.25) is 0 Å². The van der Waals surface area contributed by atoms with E-state index in [1.165, 1.54) is 141 Å². The predicted octanol–water partition coefficient (Wildman–Crippen LogP) is 11.2. The fourth-order valence-electron chi connectivity index (χ4n) is 5.40. The zero-order valence-electron chi connectivity index (χ0n) is 32.3. The summed E-state index contributed by atoms with van der Waals surface area (Å²) >= 11 is 0. The lowest BCUT2D eigenvalue weighted by molar-refractivity contribution is -0.154. The third-order valence-electron chi connectivity index (χ3n) is 8.40. The minimum atomic E-state index is -4.42. The van der Waals surface area contributed by atoms with Gasteiger partial charge in [-0.15, -0.1) is 0 Å². The van der Waals surface area contributed by atoms with Gasteiger partial charge in [-0.3, -0.25) is 9.05 Å². The summed E-state index contributed by atoms with van der Waals surface area (Å²) in [7, 11) is -4.42. The van der Waals surface area contributed by atoms with Crippen molar-refractivity contribution < 1.29 is 37.6 Å². The summed E-state index contributed by atoms with van der Waals surface area (Å²) in [5, 5.41) is 0.